The van der Waals surface area contributed by atoms with Gasteiger partial charge in [0.2, 0.25) is 11.8 Å². The smallest absolute Gasteiger partial charge is 0.248 e. The van der Waals surface area contributed by atoms with E-state index in [1.165, 1.54) is 5.56 Å². The minimum atomic E-state index is -0.775. The molecule has 0 bridgehead atoms. The summed E-state index contributed by atoms with van der Waals surface area (Å²) < 4.78 is 0. The Kier molecular flexibility index (Phi) is 4.93. The summed E-state index contributed by atoms with van der Waals surface area (Å²) in [7, 11) is 0. The van der Waals surface area contributed by atoms with E-state index in [0.29, 0.717) is 13.1 Å². The first-order valence-electron chi connectivity index (χ1n) is 8.17. The number of nitrogens with one attached hydrogen (secondary N) is 1. The van der Waals surface area contributed by atoms with E-state index in [9.17, 15) is 14.7 Å². The van der Waals surface area contributed by atoms with E-state index in [-0.39, 0.29) is 18.4 Å². The monoisotopic (exact) mass is 317 g/mol. The summed E-state index contributed by atoms with van der Waals surface area (Å²) in [6.45, 7) is 2.49. The van der Waals surface area contributed by atoms with Crippen molar-refractivity contribution in [2.24, 2.45) is 0 Å². The maximum absolute atomic E-state index is 12.2. The van der Waals surface area contributed by atoms with E-state index in [1.54, 1.807) is 4.90 Å². The van der Waals surface area contributed by atoms with Gasteiger partial charge in [0, 0.05) is 19.6 Å². The molecular formula is C17H23N3O3. The van der Waals surface area contributed by atoms with E-state index in [4.69, 9.17) is 0 Å². The Morgan fingerprint density at radius 2 is 1.96 bits per heavy atom. The number of piperazine rings is 2. The number of carbonyl (C=O) groups is 2. The van der Waals surface area contributed by atoms with Gasteiger partial charge in [-0.3, -0.25) is 14.5 Å². The summed E-state index contributed by atoms with van der Waals surface area (Å²) in [5.41, 5.74) is 1.32. The second-order valence-electron chi connectivity index (χ2n) is 6.18. The van der Waals surface area contributed by atoms with Crippen molar-refractivity contribution < 1.29 is 14.7 Å². The van der Waals surface area contributed by atoms with Crippen molar-refractivity contribution in [1.82, 2.24) is 15.1 Å². The van der Waals surface area contributed by atoms with Gasteiger partial charge in [-0.05, 0) is 24.9 Å². The summed E-state index contributed by atoms with van der Waals surface area (Å²) in [4.78, 5) is 28.2. The fraction of sp³-hybridized carbons (Fsp3) is 0.529. The Morgan fingerprint density at radius 1 is 1.17 bits per heavy atom. The SMILES string of the molecule is O=C1N[C@H](CO)C(=O)N2CCN(CCCc3ccccc3)C[C@H]12. The maximum atomic E-state index is 12.2. The molecule has 2 atom stereocenters. The molecule has 0 saturated carbocycles. The van der Waals surface area contributed by atoms with Crippen molar-refractivity contribution in [3.63, 3.8) is 0 Å². The highest BCUT2D eigenvalue weighted by Gasteiger charge is 2.42. The molecule has 0 aliphatic carbocycles. The van der Waals surface area contributed by atoms with Crippen LogP contribution in [0.15, 0.2) is 30.3 Å². The van der Waals surface area contributed by atoms with Crippen LogP contribution in [0.1, 0.15) is 12.0 Å². The van der Waals surface area contributed by atoms with Crippen LogP contribution in [0.2, 0.25) is 0 Å². The molecule has 0 aromatic heterocycles. The van der Waals surface area contributed by atoms with Gasteiger partial charge in [-0.2, -0.15) is 0 Å². The molecule has 6 nitrogen and oxygen atoms in total. The Balaban J connectivity index is 1.51. The third-order valence-corrected chi connectivity index (χ3v) is 4.63. The zero-order chi connectivity index (χ0) is 16.2. The average Bonchev–Trinajstić information content (AvgIpc) is 2.59. The van der Waals surface area contributed by atoms with Crippen molar-refractivity contribution in [3.05, 3.63) is 35.9 Å². The van der Waals surface area contributed by atoms with Gasteiger partial charge in [0.1, 0.15) is 12.1 Å². The lowest BCUT2D eigenvalue weighted by molar-refractivity contribution is -0.154. The number of rotatable bonds is 5. The third kappa shape index (κ3) is 3.54. The van der Waals surface area contributed by atoms with Crippen LogP contribution < -0.4 is 5.32 Å². The lowest BCUT2D eigenvalue weighted by atomic mass is 10.0. The number of amides is 2. The van der Waals surface area contributed by atoms with E-state index in [0.717, 1.165) is 25.9 Å². The van der Waals surface area contributed by atoms with Gasteiger partial charge in [-0.25, -0.2) is 0 Å². The second-order valence-corrected chi connectivity index (χ2v) is 6.18. The van der Waals surface area contributed by atoms with Crippen LogP contribution in [0.5, 0.6) is 0 Å². The van der Waals surface area contributed by atoms with E-state index >= 15 is 0 Å². The molecule has 2 aliphatic heterocycles. The Hall–Kier alpha value is -1.92. The van der Waals surface area contributed by atoms with Gasteiger partial charge in [-0.15, -0.1) is 0 Å². The molecule has 23 heavy (non-hydrogen) atoms. The van der Waals surface area contributed by atoms with Gasteiger partial charge in [-0.1, -0.05) is 30.3 Å². The van der Waals surface area contributed by atoms with Crippen LogP contribution in [0, 0.1) is 0 Å². The molecule has 0 spiro atoms. The summed E-state index contributed by atoms with van der Waals surface area (Å²) in [5.74, 6) is -0.322. The number of carbonyl (C=O) groups excluding carboxylic acids is 2. The summed E-state index contributed by atoms with van der Waals surface area (Å²) >= 11 is 0. The fourth-order valence-corrected chi connectivity index (χ4v) is 3.34. The van der Waals surface area contributed by atoms with Gasteiger partial charge in [0.15, 0.2) is 0 Å². The van der Waals surface area contributed by atoms with E-state index in [1.807, 2.05) is 18.2 Å². The molecule has 2 N–H and O–H groups in total. The Labute approximate surface area is 136 Å². The highest BCUT2D eigenvalue weighted by molar-refractivity contribution is 5.97. The lowest BCUT2D eigenvalue weighted by Crippen LogP contribution is -2.69. The van der Waals surface area contributed by atoms with Crippen LogP contribution in [0.4, 0.5) is 0 Å². The fourth-order valence-electron chi connectivity index (χ4n) is 3.34. The largest absolute Gasteiger partial charge is 0.394 e. The van der Waals surface area contributed by atoms with Crippen LogP contribution >= 0.6 is 0 Å². The van der Waals surface area contributed by atoms with E-state index in [2.05, 4.69) is 22.3 Å². The maximum Gasteiger partial charge on any atom is 0.248 e. The third-order valence-electron chi connectivity index (χ3n) is 4.63. The number of aliphatic hydroxyl groups is 1. The Morgan fingerprint density at radius 3 is 2.70 bits per heavy atom. The zero-order valence-electron chi connectivity index (χ0n) is 13.1. The standard InChI is InChI=1S/C17H23N3O3/c21-12-14-17(23)20-10-9-19(11-15(20)16(22)18-14)8-4-7-13-5-2-1-3-6-13/h1-3,5-6,14-15,21H,4,7-12H2,(H,18,22)/t14-,15-/m1/s1. The summed E-state index contributed by atoms with van der Waals surface area (Å²) in [6, 6.07) is 9.16. The summed E-state index contributed by atoms with van der Waals surface area (Å²) in [5, 5.41) is 11.8. The van der Waals surface area contributed by atoms with Crippen LogP contribution in [0.3, 0.4) is 0 Å². The molecule has 2 aliphatic rings. The molecule has 0 unspecified atom stereocenters. The first-order valence-corrected chi connectivity index (χ1v) is 8.17. The van der Waals surface area contributed by atoms with Crippen molar-refractivity contribution in [2.75, 3.05) is 32.8 Å². The molecule has 2 fully saturated rings. The zero-order valence-corrected chi connectivity index (χ0v) is 13.1. The predicted molar refractivity (Wildman–Crippen MR) is 85.7 cm³/mol. The topological polar surface area (TPSA) is 72.9 Å². The van der Waals surface area contributed by atoms with Crippen molar-refractivity contribution in [3.8, 4) is 0 Å². The minimum Gasteiger partial charge on any atom is -0.394 e. The molecular weight excluding hydrogens is 294 g/mol. The number of aryl methyl sites for hydroxylation is 1. The second kappa shape index (κ2) is 7.10. The molecule has 1 aromatic carbocycles. The first kappa shape index (κ1) is 16.0. The number of fused-ring (bicyclic) bond motifs is 1. The van der Waals surface area contributed by atoms with Crippen LogP contribution in [0.25, 0.3) is 0 Å². The van der Waals surface area contributed by atoms with Gasteiger partial charge in [0.05, 0.1) is 6.61 Å². The van der Waals surface area contributed by atoms with Crippen LogP contribution in [-0.2, 0) is 16.0 Å². The van der Waals surface area contributed by atoms with Gasteiger partial charge < -0.3 is 15.3 Å². The average molecular weight is 317 g/mol. The highest BCUT2D eigenvalue weighted by Crippen LogP contribution is 2.16. The van der Waals surface area contributed by atoms with Crippen molar-refractivity contribution in [1.29, 1.82) is 0 Å². The molecule has 2 amide bonds. The quantitative estimate of drug-likeness (QED) is 0.777. The van der Waals surface area contributed by atoms with Crippen molar-refractivity contribution >= 4 is 11.8 Å². The molecule has 0 radical (unpaired) electrons. The number of benzene rings is 1. The van der Waals surface area contributed by atoms with Gasteiger partial charge >= 0.3 is 0 Å². The molecule has 2 saturated heterocycles. The molecule has 2 heterocycles. The van der Waals surface area contributed by atoms with E-state index < -0.39 is 12.1 Å². The number of hydrogen-bond acceptors (Lipinski definition) is 4. The molecule has 124 valence electrons. The van der Waals surface area contributed by atoms with Crippen LogP contribution in [-0.4, -0.2) is 71.6 Å². The number of nitrogens with zero attached hydrogens (tertiary/aromatic N) is 2. The normalized spacial score (nSPS) is 25.2. The molecule has 6 heteroatoms. The highest BCUT2D eigenvalue weighted by atomic mass is 16.3. The van der Waals surface area contributed by atoms with Gasteiger partial charge in [0.25, 0.3) is 0 Å². The molecule has 3 rings (SSSR count). The number of aliphatic hydroxyl groups excluding tert-OH is 1. The predicted octanol–water partition coefficient (Wildman–Crippen LogP) is -0.377. The molecule has 1 aromatic rings. The minimum absolute atomic E-state index is 0.156. The lowest BCUT2D eigenvalue weighted by Gasteiger charge is -2.45. The summed E-state index contributed by atoms with van der Waals surface area (Å²) in [6.07, 6.45) is 2.05. The number of hydrogen-bond donors (Lipinski definition) is 2. The first-order chi connectivity index (χ1) is 11.2. The Bertz CT molecular complexity index is 563. The van der Waals surface area contributed by atoms with Crippen molar-refractivity contribution in [2.45, 2.75) is 24.9 Å².